The van der Waals surface area contributed by atoms with E-state index in [4.69, 9.17) is 4.74 Å². The molecule has 1 aromatic heterocycles. The minimum Gasteiger partial charge on any atom is -0.376 e. The first kappa shape index (κ1) is 17.5. The summed E-state index contributed by atoms with van der Waals surface area (Å²) in [5.74, 6) is 2.22. The van der Waals surface area contributed by atoms with E-state index in [2.05, 4.69) is 10.6 Å². The summed E-state index contributed by atoms with van der Waals surface area (Å²) in [5.41, 5.74) is 1.65. The Kier molecular flexibility index (Phi) is 3.93. The SMILES string of the molecule is O=C(NC1CCC1)c1c(NC(=O)C23CC4CC(CC2C4)C3)sc2c1CCOC2. The van der Waals surface area contributed by atoms with Gasteiger partial charge in [0, 0.05) is 10.9 Å². The van der Waals surface area contributed by atoms with Crippen molar-refractivity contribution in [3.8, 4) is 0 Å². The summed E-state index contributed by atoms with van der Waals surface area (Å²) in [7, 11) is 0. The Hall–Kier alpha value is -1.40. The molecule has 5 nitrogen and oxygen atoms in total. The number of anilines is 1. The van der Waals surface area contributed by atoms with Crippen LogP contribution in [-0.4, -0.2) is 24.5 Å². The summed E-state index contributed by atoms with van der Waals surface area (Å²) in [5, 5.41) is 7.21. The Morgan fingerprint density at radius 2 is 1.89 bits per heavy atom. The molecule has 2 N–H and O–H groups in total. The molecule has 1 aromatic rings. The number of fused-ring (bicyclic) bond motifs is 1. The van der Waals surface area contributed by atoms with E-state index in [9.17, 15) is 9.59 Å². The fourth-order valence-corrected chi connectivity index (χ4v) is 7.94. The molecular weight excluding hydrogens is 372 g/mol. The molecule has 4 bridgehead atoms. The molecule has 1 aliphatic heterocycles. The van der Waals surface area contributed by atoms with Crippen molar-refractivity contribution < 1.29 is 14.3 Å². The molecule has 0 spiro atoms. The zero-order valence-electron chi connectivity index (χ0n) is 16.2. The van der Waals surface area contributed by atoms with Crippen molar-refractivity contribution >= 4 is 28.2 Å². The van der Waals surface area contributed by atoms with E-state index in [0.29, 0.717) is 25.2 Å². The molecule has 150 valence electrons. The summed E-state index contributed by atoms with van der Waals surface area (Å²) < 4.78 is 5.62. The van der Waals surface area contributed by atoms with Gasteiger partial charge in [0.25, 0.3) is 5.91 Å². The average Bonchev–Trinajstić information content (AvgIpc) is 3.21. The Labute approximate surface area is 169 Å². The van der Waals surface area contributed by atoms with Crippen LogP contribution in [0.4, 0.5) is 5.00 Å². The predicted octanol–water partition coefficient (Wildman–Crippen LogP) is 3.87. The third-order valence-electron chi connectivity index (χ3n) is 8.16. The summed E-state index contributed by atoms with van der Waals surface area (Å²) in [6.07, 6.45) is 9.97. The van der Waals surface area contributed by atoms with Crippen LogP contribution in [0.25, 0.3) is 0 Å². The van der Waals surface area contributed by atoms with E-state index >= 15 is 0 Å². The number of thiophene rings is 1. The Balaban J connectivity index is 1.30. The van der Waals surface area contributed by atoms with E-state index in [1.54, 1.807) is 11.3 Å². The fraction of sp³-hybridized carbons (Fsp3) is 0.727. The van der Waals surface area contributed by atoms with Crippen LogP contribution in [0.3, 0.4) is 0 Å². The van der Waals surface area contributed by atoms with Gasteiger partial charge in [-0.25, -0.2) is 0 Å². The molecule has 7 rings (SSSR count). The smallest absolute Gasteiger partial charge is 0.254 e. The lowest BCUT2D eigenvalue weighted by Gasteiger charge is -2.31. The molecule has 5 aliphatic carbocycles. The van der Waals surface area contributed by atoms with Gasteiger partial charge in [0.05, 0.1) is 24.2 Å². The zero-order valence-corrected chi connectivity index (χ0v) is 17.0. The van der Waals surface area contributed by atoms with Crippen LogP contribution in [0, 0.1) is 23.2 Å². The number of hydrogen-bond donors (Lipinski definition) is 2. The topological polar surface area (TPSA) is 67.4 Å². The van der Waals surface area contributed by atoms with Gasteiger partial charge in [0.2, 0.25) is 5.91 Å². The predicted molar refractivity (Wildman–Crippen MR) is 107 cm³/mol. The van der Waals surface area contributed by atoms with E-state index in [1.807, 2.05) is 0 Å². The standard InChI is InChI=1S/C22H28N2O3S/c25-19(23-15-2-1-3-15)18-16-4-5-27-11-17(16)28-20(18)24-21(26)22-9-12-6-13(10-22)8-14(22)7-12/h12-15H,1-11H2,(H,23,25)(H,24,26). The highest BCUT2D eigenvalue weighted by Crippen LogP contribution is 2.65. The Bertz CT molecular complexity index is 829. The van der Waals surface area contributed by atoms with E-state index < -0.39 is 0 Å². The summed E-state index contributed by atoms with van der Waals surface area (Å²) >= 11 is 1.56. The van der Waals surface area contributed by atoms with Gasteiger partial charge in [-0.15, -0.1) is 11.3 Å². The lowest BCUT2D eigenvalue weighted by Crippen LogP contribution is -2.41. The lowest BCUT2D eigenvalue weighted by molar-refractivity contribution is -0.127. The molecule has 5 saturated carbocycles. The minimum absolute atomic E-state index is 0.00542. The van der Waals surface area contributed by atoms with Gasteiger partial charge < -0.3 is 15.4 Å². The maximum Gasteiger partial charge on any atom is 0.254 e. The number of rotatable bonds is 4. The van der Waals surface area contributed by atoms with Crippen LogP contribution in [0.15, 0.2) is 0 Å². The second kappa shape index (κ2) is 6.30. The Morgan fingerprint density at radius 3 is 2.61 bits per heavy atom. The van der Waals surface area contributed by atoms with Crippen molar-refractivity contribution in [1.82, 2.24) is 5.32 Å². The van der Waals surface area contributed by atoms with Gasteiger partial charge in [0.1, 0.15) is 5.00 Å². The first-order valence-electron chi connectivity index (χ1n) is 11.0. The molecule has 6 heteroatoms. The van der Waals surface area contributed by atoms with Crippen LogP contribution in [-0.2, 0) is 22.6 Å². The van der Waals surface area contributed by atoms with Crippen LogP contribution < -0.4 is 10.6 Å². The molecule has 6 aliphatic rings. The summed E-state index contributed by atoms with van der Waals surface area (Å²) in [4.78, 5) is 27.7. The minimum atomic E-state index is -0.170. The molecule has 2 amide bonds. The van der Waals surface area contributed by atoms with Gasteiger partial charge >= 0.3 is 0 Å². The van der Waals surface area contributed by atoms with Crippen molar-refractivity contribution in [3.05, 3.63) is 16.0 Å². The maximum absolute atomic E-state index is 13.5. The van der Waals surface area contributed by atoms with Gasteiger partial charge in [-0.3, -0.25) is 9.59 Å². The number of carbonyl (C=O) groups excluding carboxylic acids is 2. The maximum atomic E-state index is 13.5. The number of nitrogens with one attached hydrogen (secondary N) is 2. The van der Waals surface area contributed by atoms with Crippen LogP contribution in [0.2, 0.25) is 0 Å². The molecule has 0 aromatic carbocycles. The molecule has 5 fully saturated rings. The van der Waals surface area contributed by atoms with E-state index in [1.165, 1.54) is 25.7 Å². The molecule has 0 saturated heterocycles. The highest BCUT2D eigenvalue weighted by atomic mass is 32.1. The highest BCUT2D eigenvalue weighted by Gasteiger charge is 2.61. The van der Waals surface area contributed by atoms with Crippen LogP contribution in [0.1, 0.15) is 72.2 Å². The number of ether oxygens (including phenoxy) is 1. The van der Waals surface area contributed by atoms with E-state index in [-0.39, 0.29) is 17.2 Å². The Morgan fingerprint density at radius 1 is 1.11 bits per heavy atom. The van der Waals surface area contributed by atoms with Crippen molar-refractivity contribution in [2.45, 2.75) is 70.4 Å². The fourth-order valence-electron chi connectivity index (χ4n) is 6.77. The molecule has 0 radical (unpaired) electrons. The average molecular weight is 401 g/mol. The van der Waals surface area contributed by atoms with Crippen LogP contribution >= 0.6 is 11.3 Å². The van der Waals surface area contributed by atoms with Gasteiger partial charge in [-0.1, -0.05) is 0 Å². The quantitative estimate of drug-likeness (QED) is 0.806. The number of carbonyl (C=O) groups is 2. The van der Waals surface area contributed by atoms with Crippen molar-refractivity contribution in [1.29, 1.82) is 0 Å². The largest absolute Gasteiger partial charge is 0.376 e. The molecule has 2 heterocycles. The summed E-state index contributed by atoms with van der Waals surface area (Å²) in [6, 6.07) is 0.297. The van der Waals surface area contributed by atoms with Gasteiger partial charge in [-0.2, -0.15) is 0 Å². The first-order valence-corrected chi connectivity index (χ1v) is 11.8. The second-order valence-corrected chi connectivity index (χ2v) is 10.9. The van der Waals surface area contributed by atoms with Crippen molar-refractivity contribution in [2.24, 2.45) is 23.2 Å². The highest BCUT2D eigenvalue weighted by molar-refractivity contribution is 7.17. The first-order chi connectivity index (χ1) is 13.6. The van der Waals surface area contributed by atoms with Crippen LogP contribution in [0.5, 0.6) is 0 Å². The third-order valence-corrected chi connectivity index (χ3v) is 9.28. The zero-order chi connectivity index (χ0) is 18.9. The third kappa shape index (κ3) is 2.53. The monoisotopic (exact) mass is 400 g/mol. The molecule has 28 heavy (non-hydrogen) atoms. The lowest BCUT2D eigenvalue weighted by atomic mass is 9.75. The molecule has 2 unspecified atom stereocenters. The van der Waals surface area contributed by atoms with Gasteiger partial charge in [0.15, 0.2) is 0 Å². The normalized spacial score (nSPS) is 35.5. The van der Waals surface area contributed by atoms with E-state index in [0.717, 1.165) is 64.9 Å². The van der Waals surface area contributed by atoms with Crippen molar-refractivity contribution in [2.75, 3.05) is 11.9 Å². The molecular formula is C22H28N2O3S. The number of hydrogen-bond acceptors (Lipinski definition) is 4. The second-order valence-electron chi connectivity index (χ2n) is 9.77. The number of amides is 2. The molecule has 2 atom stereocenters. The van der Waals surface area contributed by atoms with Crippen molar-refractivity contribution in [3.63, 3.8) is 0 Å². The van der Waals surface area contributed by atoms with Gasteiger partial charge in [-0.05, 0) is 81.1 Å². The summed E-state index contributed by atoms with van der Waals surface area (Å²) in [6.45, 7) is 1.20.